The van der Waals surface area contributed by atoms with Crippen LogP contribution in [0.25, 0.3) is 0 Å². The van der Waals surface area contributed by atoms with Crippen LogP contribution in [0.5, 0.6) is 0 Å². The Morgan fingerprint density at radius 1 is 1.41 bits per heavy atom. The van der Waals surface area contributed by atoms with Crippen molar-refractivity contribution in [2.45, 2.75) is 46.4 Å². The standard InChI is InChI=1S/C19H31N5O2S/c1-6-20-18(22-13-19(4,25)16-7-10-27-12-16)21-11-17-14(2)23-24(15(17)3)8-9-26-5/h7,10,12,25H,6,8-9,11,13H2,1-5H3,(H2,20,21,22). The highest BCUT2D eigenvalue weighted by molar-refractivity contribution is 7.08. The number of ether oxygens (including phenoxy) is 1. The first-order chi connectivity index (χ1) is 12.9. The smallest absolute Gasteiger partial charge is 0.191 e. The SMILES string of the molecule is CCNC(=NCc1c(C)nn(CCOC)c1C)NCC(C)(O)c1ccsc1. The molecule has 0 saturated carbocycles. The van der Waals surface area contributed by atoms with Gasteiger partial charge in [-0.2, -0.15) is 16.4 Å². The second-order valence-corrected chi connectivity index (χ2v) is 7.48. The fourth-order valence-electron chi connectivity index (χ4n) is 2.79. The van der Waals surface area contributed by atoms with Crippen molar-refractivity contribution in [3.8, 4) is 0 Å². The molecule has 7 nitrogen and oxygen atoms in total. The van der Waals surface area contributed by atoms with Gasteiger partial charge in [0.25, 0.3) is 0 Å². The summed E-state index contributed by atoms with van der Waals surface area (Å²) in [4.78, 5) is 4.68. The molecular weight excluding hydrogens is 362 g/mol. The van der Waals surface area contributed by atoms with Crippen LogP contribution in [0.3, 0.4) is 0 Å². The highest BCUT2D eigenvalue weighted by Crippen LogP contribution is 2.22. The fourth-order valence-corrected chi connectivity index (χ4v) is 3.57. The molecule has 0 aromatic carbocycles. The highest BCUT2D eigenvalue weighted by Gasteiger charge is 2.23. The summed E-state index contributed by atoms with van der Waals surface area (Å²) in [5, 5.41) is 25.7. The summed E-state index contributed by atoms with van der Waals surface area (Å²) < 4.78 is 7.11. The van der Waals surface area contributed by atoms with Crippen LogP contribution in [0.4, 0.5) is 0 Å². The lowest BCUT2D eigenvalue weighted by Crippen LogP contribution is -2.44. The number of nitrogens with one attached hydrogen (secondary N) is 2. The van der Waals surface area contributed by atoms with Gasteiger partial charge in [-0.25, -0.2) is 4.99 Å². The first kappa shape index (κ1) is 21.4. The van der Waals surface area contributed by atoms with Crippen molar-refractivity contribution in [1.29, 1.82) is 0 Å². The molecule has 1 unspecified atom stereocenters. The number of aromatic nitrogens is 2. The molecule has 0 fully saturated rings. The van der Waals surface area contributed by atoms with E-state index in [1.54, 1.807) is 25.4 Å². The Balaban J connectivity index is 2.06. The normalized spacial score (nSPS) is 14.2. The number of hydrogen-bond acceptors (Lipinski definition) is 5. The third-order valence-electron chi connectivity index (χ3n) is 4.52. The second kappa shape index (κ2) is 9.87. The second-order valence-electron chi connectivity index (χ2n) is 6.70. The number of hydrogen-bond donors (Lipinski definition) is 3. The maximum atomic E-state index is 10.7. The van der Waals surface area contributed by atoms with Crippen LogP contribution in [-0.2, 0) is 23.4 Å². The van der Waals surface area contributed by atoms with Gasteiger partial charge in [0.05, 0.1) is 31.9 Å². The summed E-state index contributed by atoms with van der Waals surface area (Å²) in [6.07, 6.45) is 0. The molecule has 27 heavy (non-hydrogen) atoms. The third kappa shape index (κ3) is 5.79. The summed E-state index contributed by atoms with van der Waals surface area (Å²) in [6, 6.07) is 1.94. The quantitative estimate of drug-likeness (QED) is 0.449. The molecule has 0 aliphatic heterocycles. The number of guanidine groups is 1. The first-order valence-electron chi connectivity index (χ1n) is 9.18. The summed E-state index contributed by atoms with van der Waals surface area (Å²) in [7, 11) is 1.69. The van der Waals surface area contributed by atoms with E-state index < -0.39 is 5.60 Å². The number of aliphatic imine (C=N–C) groups is 1. The van der Waals surface area contributed by atoms with Crippen LogP contribution >= 0.6 is 11.3 Å². The largest absolute Gasteiger partial charge is 0.384 e. The van der Waals surface area contributed by atoms with Crippen molar-refractivity contribution in [3.63, 3.8) is 0 Å². The number of rotatable bonds is 9. The maximum absolute atomic E-state index is 10.7. The monoisotopic (exact) mass is 393 g/mol. The average Bonchev–Trinajstić information content (AvgIpc) is 3.26. The molecule has 0 spiro atoms. The number of thiophene rings is 1. The minimum absolute atomic E-state index is 0.376. The maximum Gasteiger partial charge on any atom is 0.191 e. The molecule has 1 atom stereocenters. The Morgan fingerprint density at radius 2 is 2.19 bits per heavy atom. The molecule has 3 N–H and O–H groups in total. The zero-order valence-corrected chi connectivity index (χ0v) is 17.7. The van der Waals surface area contributed by atoms with Crippen LogP contribution in [0.15, 0.2) is 21.8 Å². The van der Waals surface area contributed by atoms with Gasteiger partial charge in [-0.15, -0.1) is 0 Å². The van der Waals surface area contributed by atoms with Crippen LogP contribution in [-0.4, -0.2) is 47.7 Å². The van der Waals surface area contributed by atoms with Crippen molar-refractivity contribution in [3.05, 3.63) is 39.3 Å². The van der Waals surface area contributed by atoms with Gasteiger partial charge in [-0.1, -0.05) is 0 Å². The summed E-state index contributed by atoms with van der Waals surface area (Å²) in [6.45, 7) is 10.9. The number of nitrogens with zero attached hydrogens (tertiary/aromatic N) is 3. The lowest BCUT2D eigenvalue weighted by Gasteiger charge is -2.24. The van der Waals surface area contributed by atoms with Crippen molar-refractivity contribution in [2.75, 3.05) is 26.8 Å². The van der Waals surface area contributed by atoms with Gasteiger partial charge < -0.3 is 20.5 Å². The number of aliphatic hydroxyl groups is 1. The van der Waals surface area contributed by atoms with Crippen LogP contribution in [0, 0.1) is 13.8 Å². The molecule has 2 rings (SSSR count). The minimum Gasteiger partial charge on any atom is -0.384 e. The molecule has 0 saturated heterocycles. The Kier molecular flexibility index (Phi) is 7.82. The van der Waals surface area contributed by atoms with Crippen molar-refractivity contribution < 1.29 is 9.84 Å². The Bertz CT molecular complexity index is 738. The van der Waals surface area contributed by atoms with Gasteiger partial charge >= 0.3 is 0 Å². The molecule has 2 aromatic rings. The first-order valence-corrected chi connectivity index (χ1v) is 10.1. The molecule has 0 bridgehead atoms. The molecule has 0 amide bonds. The topological polar surface area (TPSA) is 83.7 Å². The van der Waals surface area contributed by atoms with Gasteiger partial charge in [-0.05, 0) is 50.1 Å². The lowest BCUT2D eigenvalue weighted by atomic mass is 9.99. The average molecular weight is 394 g/mol. The summed E-state index contributed by atoms with van der Waals surface area (Å²) in [5.41, 5.74) is 3.16. The highest BCUT2D eigenvalue weighted by atomic mass is 32.1. The number of methoxy groups -OCH3 is 1. The van der Waals surface area contributed by atoms with Crippen molar-refractivity contribution >= 4 is 17.3 Å². The van der Waals surface area contributed by atoms with E-state index in [2.05, 4.69) is 27.6 Å². The Hall–Kier alpha value is -1.90. The van der Waals surface area contributed by atoms with Gasteiger partial charge in [0.1, 0.15) is 5.60 Å². The van der Waals surface area contributed by atoms with Gasteiger partial charge in [-0.3, -0.25) is 4.68 Å². The van der Waals surface area contributed by atoms with Crippen molar-refractivity contribution in [2.24, 2.45) is 4.99 Å². The van der Waals surface area contributed by atoms with E-state index in [1.165, 1.54) is 0 Å². The lowest BCUT2D eigenvalue weighted by molar-refractivity contribution is 0.0621. The molecule has 0 aliphatic carbocycles. The van der Waals surface area contributed by atoms with E-state index in [1.807, 2.05) is 35.4 Å². The van der Waals surface area contributed by atoms with E-state index in [0.717, 1.165) is 35.6 Å². The molecule has 2 heterocycles. The van der Waals surface area contributed by atoms with Crippen LogP contribution in [0.2, 0.25) is 0 Å². The van der Waals surface area contributed by atoms with Gasteiger partial charge in [0.15, 0.2) is 5.96 Å². The van der Waals surface area contributed by atoms with E-state index in [4.69, 9.17) is 4.74 Å². The molecule has 0 radical (unpaired) electrons. The Labute approximate surface area is 165 Å². The summed E-state index contributed by atoms with van der Waals surface area (Å²) in [5.74, 6) is 0.677. The van der Waals surface area contributed by atoms with E-state index in [9.17, 15) is 5.11 Å². The van der Waals surface area contributed by atoms with E-state index in [0.29, 0.717) is 25.7 Å². The molecule has 8 heteroatoms. The number of aryl methyl sites for hydroxylation is 1. The van der Waals surface area contributed by atoms with Gasteiger partial charge in [0, 0.05) is 24.9 Å². The molecular formula is C19H31N5O2S. The van der Waals surface area contributed by atoms with Gasteiger partial charge in [0.2, 0.25) is 0 Å². The fraction of sp³-hybridized carbons (Fsp3) is 0.579. The molecule has 150 valence electrons. The molecule has 2 aromatic heterocycles. The predicted molar refractivity (Wildman–Crippen MR) is 110 cm³/mol. The zero-order chi connectivity index (χ0) is 19.9. The Morgan fingerprint density at radius 3 is 2.81 bits per heavy atom. The van der Waals surface area contributed by atoms with E-state index >= 15 is 0 Å². The zero-order valence-electron chi connectivity index (χ0n) is 16.9. The third-order valence-corrected chi connectivity index (χ3v) is 5.20. The minimum atomic E-state index is -0.951. The van der Waals surface area contributed by atoms with Crippen LogP contribution in [0.1, 0.15) is 36.4 Å². The van der Waals surface area contributed by atoms with E-state index in [-0.39, 0.29) is 0 Å². The summed E-state index contributed by atoms with van der Waals surface area (Å²) >= 11 is 1.58. The van der Waals surface area contributed by atoms with Crippen LogP contribution < -0.4 is 10.6 Å². The van der Waals surface area contributed by atoms with Crippen molar-refractivity contribution in [1.82, 2.24) is 20.4 Å². The predicted octanol–water partition coefficient (Wildman–Crippen LogP) is 2.17. The molecule has 0 aliphatic rings.